The zero-order valence-electron chi connectivity index (χ0n) is 17.7. The number of para-hydroxylation sites is 1. The van der Waals surface area contributed by atoms with Gasteiger partial charge in [-0.1, -0.05) is 35.5 Å². The molecule has 1 aromatic heterocycles. The van der Waals surface area contributed by atoms with Crippen molar-refractivity contribution in [2.75, 3.05) is 7.11 Å². The number of nitrogens with zero attached hydrogens (tertiary/aromatic N) is 4. The monoisotopic (exact) mass is 484 g/mol. The average molecular weight is 484 g/mol. The Morgan fingerprint density at radius 3 is 2.52 bits per heavy atom. The van der Waals surface area contributed by atoms with E-state index in [4.69, 9.17) is 9.57 Å². The lowest BCUT2D eigenvalue weighted by Gasteiger charge is -2.11. The van der Waals surface area contributed by atoms with Gasteiger partial charge in [-0.15, -0.1) is 5.10 Å². The van der Waals surface area contributed by atoms with Crippen molar-refractivity contribution in [3.63, 3.8) is 0 Å². The van der Waals surface area contributed by atoms with E-state index in [0.717, 1.165) is 16.8 Å². The number of methoxy groups -OCH3 is 1. The number of aromatic nitrogens is 3. The van der Waals surface area contributed by atoms with Gasteiger partial charge in [-0.3, -0.25) is 0 Å². The summed E-state index contributed by atoms with van der Waals surface area (Å²) in [5.41, 5.74) is -4.57. The van der Waals surface area contributed by atoms with Gasteiger partial charge in [-0.05, 0) is 25.1 Å². The summed E-state index contributed by atoms with van der Waals surface area (Å²) in [6, 6.07) is 11.2. The summed E-state index contributed by atoms with van der Waals surface area (Å²) >= 11 is 0. The maximum absolute atomic E-state index is 12.8. The van der Waals surface area contributed by atoms with Crippen molar-refractivity contribution in [3.05, 3.63) is 70.1 Å². The molecule has 0 atom stereocenters. The van der Waals surface area contributed by atoms with Crippen molar-refractivity contribution >= 4 is 15.5 Å². The highest BCUT2D eigenvalue weighted by Gasteiger charge is 2.46. The molecule has 0 fully saturated rings. The number of benzene rings is 2. The Labute approximate surface area is 186 Å². The first-order chi connectivity index (χ1) is 15.5. The van der Waals surface area contributed by atoms with Gasteiger partial charge in [0.15, 0.2) is 0 Å². The maximum Gasteiger partial charge on any atom is 0.501 e. The summed E-state index contributed by atoms with van der Waals surface area (Å²) < 4.78 is 69.3. The van der Waals surface area contributed by atoms with E-state index in [1.54, 1.807) is 24.3 Å². The summed E-state index contributed by atoms with van der Waals surface area (Å²) in [5.74, 6) is 0. The molecule has 0 aliphatic carbocycles. The van der Waals surface area contributed by atoms with Gasteiger partial charge in [0.25, 0.3) is 9.84 Å². The van der Waals surface area contributed by atoms with Crippen LogP contribution < -0.4 is 10.4 Å². The molecule has 9 nitrogen and oxygen atoms in total. The van der Waals surface area contributed by atoms with E-state index < -0.39 is 25.9 Å². The van der Waals surface area contributed by atoms with Crippen molar-refractivity contribution < 1.29 is 31.2 Å². The highest BCUT2D eigenvalue weighted by Crippen LogP contribution is 2.30. The zero-order valence-corrected chi connectivity index (χ0v) is 18.5. The Morgan fingerprint density at radius 1 is 1.15 bits per heavy atom. The fourth-order valence-electron chi connectivity index (χ4n) is 2.90. The zero-order chi connectivity index (χ0) is 24.4. The molecule has 176 valence electrons. The van der Waals surface area contributed by atoms with E-state index in [0.29, 0.717) is 11.3 Å². The lowest BCUT2D eigenvalue weighted by Crippen LogP contribution is -2.23. The molecule has 13 heteroatoms. The third-order valence-electron chi connectivity index (χ3n) is 4.60. The summed E-state index contributed by atoms with van der Waals surface area (Å²) in [6.45, 7) is 1.36. The van der Waals surface area contributed by atoms with Crippen LogP contribution in [0.5, 0.6) is 6.01 Å². The van der Waals surface area contributed by atoms with Crippen LogP contribution in [-0.2, 0) is 28.3 Å². The van der Waals surface area contributed by atoms with Gasteiger partial charge in [0.2, 0.25) is 0 Å². The van der Waals surface area contributed by atoms with E-state index in [2.05, 4.69) is 10.3 Å². The van der Waals surface area contributed by atoms with E-state index in [-0.39, 0.29) is 23.9 Å². The molecule has 1 heterocycles. The summed E-state index contributed by atoms with van der Waals surface area (Å²) in [5, 5.41) is 7.87. The Morgan fingerprint density at radius 2 is 1.85 bits per heavy atom. The molecule has 0 unspecified atom stereocenters. The second-order valence-electron chi connectivity index (χ2n) is 6.78. The van der Waals surface area contributed by atoms with Crippen molar-refractivity contribution in [3.8, 4) is 11.7 Å². The molecule has 3 aromatic rings. The molecule has 0 spiro atoms. The van der Waals surface area contributed by atoms with Gasteiger partial charge in [-0.25, -0.2) is 22.5 Å². The molecule has 3 rings (SSSR count). The van der Waals surface area contributed by atoms with Crippen LogP contribution in [0.2, 0.25) is 0 Å². The largest absolute Gasteiger partial charge is 0.501 e. The van der Waals surface area contributed by atoms with Crippen LogP contribution in [0.15, 0.2) is 63.4 Å². The fourth-order valence-corrected chi connectivity index (χ4v) is 3.71. The Bertz CT molecular complexity index is 1360. The molecular formula is C20H19F3N4O5S. The Hall–Kier alpha value is -3.61. The minimum absolute atomic E-state index is 0.0670. The lowest BCUT2D eigenvalue weighted by molar-refractivity contribution is -0.0436. The molecule has 0 aliphatic rings. The highest BCUT2D eigenvalue weighted by atomic mass is 32.2. The van der Waals surface area contributed by atoms with Gasteiger partial charge in [0.1, 0.15) is 6.61 Å². The molecule has 0 amide bonds. The molecule has 2 aromatic carbocycles. The van der Waals surface area contributed by atoms with Crippen molar-refractivity contribution in [2.45, 2.75) is 23.9 Å². The number of alkyl halides is 3. The molecule has 33 heavy (non-hydrogen) atoms. The van der Waals surface area contributed by atoms with Gasteiger partial charge < -0.3 is 9.57 Å². The van der Waals surface area contributed by atoms with Crippen molar-refractivity contribution in [1.82, 2.24) is 14.3 Å². The normalized spacial score (nSPS) is 12.6. The number of hydrogen-bond acceptors (Lipinski definition) is 7. The van der Waals surface area contributed by atoms with Crippen LogP contribution in [0.4, 0.5) is 13.2 Å². The van der Waals surface area contributed by atoms with Crippen LogP contribution in [0, 0.1) is 0 Å². The van der Waals surface area contributed by atoms with E-state index in [9.17, 15) is 26.4 Å². The van der Waals surface area contributed by atoms with E-state index >= 15 is 0 Å². The van der Waals surface area contributed by atoms with Crippen LogP contribution in [0.1, 0.15) is 18.1 Å². The summed E-state index contributed by atoms with van der Waals surface area (Å²) in [4.78, 5) is 16.9. The van der Waals surface area contributed by atoms with Gasteiger partial charge in [0, 0.05) is 18.2 Å². The van der Waals surface area contributed by atoms with Gasteiger partial charge in [0.05, 0.1) is 23.4 Å². The number of aryl methyl sites for hydroxylation is 1. The second-order valence-corrected chi connectivity index (χ2v) is 8.73. The highest BCUT2D eigenvalue weighted by molar-refractivity contribution is 7.92. The minimum atomic E-state index is -5.49. The average Bonchev–Trinajstić information content (AvgIpc) is 3.06. The third kappa shape index (κ3) is 4.77. The molecule has 0 bridgehead atoms. The lowest BCUT2D eigenvalue weighted by atomic mass is 10.1. The van der Waals surface area contributed by atoms with E-state index in [1.807, 2.05) is 0 Å². The summed E-state index contributed by atoms with van der Waals surface area (Å²) in [7, 11) is -2.64. The first-order valence-electron chi connectivity index (χ1n) is 9.34. The fraction of sp³-hybridized carbons (Fsp3) is 0.250. The van der Waals surface area contributed by atoms with Crippen LogP contribution in [-0.4, -0.2) is 41.1 Å². The van der Waals surface area contributed by atoms with Crippen LogP contribution in [0.25, 0.3) is 5.69 Å². The number of ether oxygens (including phenoxy) is 1. The quantitative estimate of drug-likeness (QED) is 0.377. The molecule has 0 aliphatic heterocycles. The smallest absolute Gasteiger partial charge is 0.467 e. The van der Waals surface area contributed by atoms with Gasteiger partial charge in [-0.2, -0.15) is 13.2 Å². The predicted octanol–water partition coefficient (Wildman–Crippen LogP) is 2.81. The SMILES string of the molecule is COc1nn(C)c(=O)n1-c1ccccc1CON=C(C)c1cccc(S(=O)(=O)C(F)(F)F)c1. The number of hydrogen-bond donors (Lipinski definition) is 0. The Balaban J connectivity index is 1.86. The molecule has 0 saturated heterocycles. The Kier molecular flexibility index (Phi) is 6.63. The maximum atomic E-state index is 12.8. The topological polar surface area (TPSA) is 105 Å². The molecule has 0 N–H and O–H groups in total. The molecule has 0 saturated carbocycles. The van der Waals surface area contributed by atoms with Crippen molar-refractivity contribution in [2.24, 2.45) is 12.2 Å². The number of sulfone groups is 1. The standard InChI is InChI=1S/C20H19F3N4O5S/c1-13(14-8-6-9-16(11-14)33(29,30)20(21,22)23)25-32-12-15-7-4-5-10-17(15)27-18(31-3)24-26(2)19(27)28/h4-11H,12H2,1-3H3. The van der Waals surface area contributed by atoms with Crippen LogP contribution in [0.3, 0.4) is 0 Å². The van der Waals surface area contributed by atoms with Gasteiger partial charge >= 0.3 is 17.2 Å². The number of halogens is 3. The van der Waals surface area contributed by atoms with Crippen LogP contribution >= 0.6 is 0 Å². The molecule has 0 radical (unpaired) electrons. The number of oxime groups is 1. The van der Waals surface area contributed by atoms with E-state index in [1.165, 1.54) is 37.8 Å². The predicted molar refractivity (Wildman–Crippen MR) is 112 cm³/mol. The third-order valence-corrected chi connectivity index (χ3v) is 6.08. The second kappa shape index (κ2) is 9.10. The number of rotatable bonds is 7. The van der Waals surface area contributed by atoms with Crippen molar-refractivity contribution in [1.29, 1.82) is 0 Å². The first kappa shape index (κ1) is 24.0. The first-order valence-corrected chi connectivity index (χ1v) is 10.8. The summed E-state index contributed by atoms with van der Waals surface area (Å²) in [6.07, 6.45) is 0. The minimum Gasteiger partial charge on any atom is -0.467 e. The molecular weight excluding hydrogens is 465 g/mol.